The van der Waals surface area contributed by atoms with E-state index in [9.17, 15) is 14.4 Å². The number of hydrogen-bond donors (Lipinski definition) is 1. The van der Waals surface area contributed by atoms with Crippen LogP contribution in [0, 0.1) is 0 Å². The highest BCUT2D eigenvalue weighted by atomic mass is 35.5. The lowest BCUT2D eigenvalue weighted by molar-refractivity contribution is -0.140. The highest BCUT2D eigenvalue weighted by molar-refractivity contribution is 6.30. The molecule has 144 valence electrons. The van der Waals surface area contributed by atoms with Crippen LogP contribution in [-0.4, -0.2) is 71.8 Å². The zero-order valence-corrected chi connectivity index (χ0v) is 15.8. The van der Waals surface area contributed by atoms with Crippen LogP contribution in [-0.2, 0) is 9.59 Å². The van der Waals surface area contributed by atoms with Crippen molar-refractivity contribution < 1.29 is 14.4 Å². The Morgan fingerprint density at radius 2 is 1.85 bits per heavy atom. The van der Waals surface area contributed by atoms with E-state index >= 15 is 0 Å². The molecule has 0 unspecified atom stereocenters. The van der Waals surface area contributed by atoms with Crippen molar-refractivity contribution in [2.75, 3.05) is 39.3 Å². The lowest BCUT2D eigenvalue weighted by Gasteiger charge is -2.36. The molecule has 0 radical (unpaired) electrons. The number of carbonyl (C=O) groups excluding carboxylic acids is 3. The predicted octanol–water partition coefficient (Wildman–Crippen LogP) is 1.65. The van der Waals surface area contributed by atoms with Gasteiger partial charge < -0.3 is 10.2 Å². The summed E-state index contributed by atoms with van der Waals surface area (Å²) in [6, 6.07) is 6.06. The van der Waals surface area contributed by atoms with Gasteiger partial charge in [-0.05, 0) is 17.7 Å². The molecule has 7 nitrogen and oxygen atoms in total. The summed E-state index contributed by atoms with van der Waals surface area (Å²) in [4.78, 5) is 42.3. The topological polar surface area (TPSA) is 73.0 Å². The molecule has 3 rings (SSSR count). The van der Waals surface area contributed by atoms with Crippen molar-refractivity contribution in [1.82, 2.24) is 20.0 Å². The Morgan fingerprint density at radius 1 is 1.19 bits per heavy atom. The molecule has 2 heterocycles. The zero-order valence-electron chi connectivity index (χ0n) is 15.1. The van der Waals surface area contributed by atoms with Crippen molar-refractivity contribution in [2.45, 2.75) is 12.5 Å². The molecule has 1 aromatic carbocycles. The SMILES string of the molecule is C=CCN1CCN(C(=O)CN2C(=O)C[C@H](c3ccc(Cl)cc3)NC2=O)CC1. The Balaban J connectivity index is 1.56. The van der Waals surface area contributed by atoms with Crippen LogP contribution in [0.5, 0.6) is 0 Å². The van der Waals surface area contributed by atoms with Gasteiger partial charge in [-0.1, -0.05) is 29.8 Å². The first-order valence-corrected chi connectivity index (χ1v) is 9.33. The Kier molecular flexibility index (Phi) is 6.13. The van der Waals surface area contributed by atoms with Crippen molar-refractivity contribution in [3.8, 4) is 0 Å². The number of amides is 4. The van der Waals surface area contributed by atoms with Crippen molar-refractivity contribution in [3.63, 3.8) is 0 Å². The first-order chi connectivity index (χ1) is 13.0. The molecule has 0 aliphatic carbocycles. The second kappa shape index (κ2) is 8.54. The molecule has 0 aromatic heterocycles. The van der Waals surface area contributed by atoms with Crippen LogP contribution in [0.25, 0.3) is 0 Å². The van der Waals surface area contributed by atoms with Gasteiger partial charge in [0.1, 0.15) is 6.54 Å². The average molecular weight is 391 g/mol. The third-order valence-electron chi connectivity index (χ3n) is 4.90. The van der Waals surface area contributed by atoms with Gasteiger partial charge in [-0.15, -0.1) is 6.58 Å². The van der Waals surface area contributed by atoms with Gasteiger partial charge >= 0.3 is 6.03 Å². The second-order valence-electron chi connectivity index (χ2n) is 6.71. The molecule has 1 N–H and O–H groups in total. The Hall–Kier alpha value is -2.38. The largest absolute Gasteiger partial charge is 0.339 e. The van der Waals surface area contributed by atoms with Crippen LogP contribution >= 0.6 is 11.6 Å². The molecule has 0 bridgehead atoms. The van der Waals surface area contributed by atoms with E-state index in [0.717, 1.165) is 30.1 Å². The molecule has 2 fully saturated rings. The first kappa shape index (κ1) is 19.4. The van der Waals surface area contributed by atoms with Crippen LogP contribution in [0.4, 0.5) is 4.79 Å². The van der Waals surface area contributed by atoms with Crippen LogP contribution in [0.3, 0.4) is 0 Å². The van der Waals surface area contributed by atoms with Gasteiger partial charge in [0.2, 0.25) is 11.8 Å². The highest BCUT2D eigenvalue weighted by Gasteiger charge is 2.35. The minimum atomic E-state index is -0.537. The molecular formula is C19H23ClN4O3. The molecule has 2 aliphatic rings. The summed E-state index contributed by atoms with van der Waals surface area (Å²) in [5.41, 5.74) is 0.811. The van der Waals surface area contributed by atoms with Crippen LogP contribution in [0.1, 0.15) is 18.0 Å². The number of hydrogen-bond acceptors (Lipinski definition) is 4. The molecular weight excluding hydrogens is 368 g/mol. The van der Waals surface area contributed by atoms with Gasteiger partial charge in [0.15, 0.2) is 0 Å². The molecule has 1 aromatic rings. The number of imide groups is 1. The molecule has 0 saturated carbocycles. The van der Waals surface area contributed by atoms with Crippen LogP contribution in [0.15, 0.2) is 36.9 Å². The molecule has 0 spiro atoms. The Morgan fingerprint density at radius 3 is 2.44 bits per heavy atom. The van der Waals surface area contributed by atoms with Gasteiger partial charge in [0, 0.05) is 37.7 Å². The third kappa shape index (κ3) is 4.67. The van der Waals surface area contributed by atoms with E-state index in [4.69, 9.17) is 11.6 Å². The Labute approximate surface area is 163 Å². The van der Waals surface area contributed by atoms with E-state index in [0.29, 0.717) is 18.1 Å². The second-order valence-corrected chi connectivity index (χ2v) is 7.14. The van der Waals surface area contributed by atoms with Crippen LogP contribution in [0.2, 0.25) is 5.02 Å². The molecule has 8 heteroatoms. The molecule has 27 heavy (non-hydrogen) atoms. The van der Waals surface area contributed by atoms with E-state index in [1.165, 1.54) is 0 Å². The van der Waals surface area contributed by atoms with E-state index in [1.54, 1.807) is 29.2 Å². The molecule has 2 aliphatic heterocycles. The third-order valence-corrected chi connectivity index (χ3v) is 5.15. The minimum Gasteiger partial charge on any atom is -0.339 e. The average Bonchev–Trinajstić information content (AvgIpc) is 2.66. The first-order valence-electron chi connectivity index (χ1n) is 8.95. The van der Waals surface area contributed by atoms with Crippen molar-refractivity contribution >= 4 is 29.4 Å². The summed E-state index contributed by atoms with van der Waals surface area (Å²) >= 11 is 5.88. The number of piperazine rings is 1. The van der Waals surface area contributed by atoms with Gasteiger partial charge in [-0.2, -0.15) is 0 Å². The summed E-state index contributed by atoms with van der Waals surface area (Å²) < 4.78 is 0. The number of benzene rings is 1. The summed E-state index contributed by atoms with van der Waals surface area (Å²) in [5.74, 6) is -0.556. The van der Waals surface area contributed by atoms with Gasteiger partial charge in [0.25, 0.3) is 0 Å². The normalized spacial score (nSPS) is 21.1. The fourth-order valence-electron chi connectivity index (χ4n) is 3.33. The number of halogens is 1. The Bertz CT molecular complexity index is 711. The number of nitrogens with one attached hydrogen (secondary N) is 1. The summed E-state index contributed by atoms with van der Waals surface area (Å²) in [6.07, 6.45) is 1.96. The summed E-state index contributed by atoms with van der Waals surface area (Å²) in [5, 5.41) is 3.39. The van der Waals surface area contributed by atoms with Gasteiger partial charge in [-0.3, -0.25) is 19.4 Å². The van der Waals surface area contributed by atoms with Crippen molar-refractivity contribution in [2.24, 2.45) is 0 Å². The summed E-state index contributed by atoms with van der Waals surface area (Å²) in [6.45, 7) is 6.98. The standard InChI is InChI=1S/C19H23ClN4O3/c1-2-7-22-8-10-23(11-9-22)18(26)13-24-17(25)12-16(21-19(24)27)14-3-5-15(20)6-4-14/h2-6,16H,1,7-13H2,(H,21,27)/t16-/m1/s1. The van der Waals surface area contributed by atoms with Crippen LogP contribution < -0.4 is 5.32 Å². The van der Waals surface area contributed by atoms with Crippen molar-refractivity contribution in [3.05, 3.63) is 47.5 Å². The number of nitrogens with zero attached hydrogens (tertiary/aromatic N) is 3. The number of urea groups is 1. The fraction of sp³-hybridized carbons (Fsp3) is 0.421. The summed E-state index contributed by atoms with van der Waals surface area (Å²) in [7, 11) is 0. The smallest absolute Gasteiger partial charge is 0.325 e. The highest BCUT2D eigenvalue weighted by Crippen LogP contribution is 2.23. The molecule has 2 saturated heterocycles. The van der Waals surface area contributed by atoms with E-state index < -0.39 is 12.1 Å². The van der Waals surface area contributed by atoms with Crippen molar-refractivity contribution in [1.29, 1.82) is 0 Å². The lowest BCUT2D eigenvalue weighted by atomic mass is 10.0. The maximum Gasteiger partial charge on any atom is 0.325 e. The molecule has 4 amide bonds. The van der Waals surface area contributed by atoms with E-state index in [-0.39, 0.29) is 24.8 Å². The monoisotopic (exact) mass is 390 g/mol. The number of rotatable bonds is 5. The van der Waals surface area contributed by atoms with E-state index in [2.05, 4.69) is 16.8 Å². The molecule has 1 atom stereocenters. The zero-order chi connectivity index (χ0) is 19.4. The maximum atomic E-state index is 12.5. The fourth-order valence-corrected chi connectivity index (χ4v) is 3.46. The maximum absolute atomic E-state index is 12.5. The van der Waals surface area contributed by atoms with Gasteiger partial charge in [-0.25, -0.2) is 4.79 Å². The quantitative estimate of drug-likeness (QED) is 0.776. The minimum absolute atomic E-state index is 0.119. The lowest BCUT2D eigenvalue weighted by Crippen LogP contribution is -2.56. The van der Waals surface area contributed by atoms with E-state index in [1.807, 2.05) is 6.08 Å². The number of carbonyl (C=O) groups is 3. The van der Waals surface area contributed by atoms with Gasteiger partial charge in [0.05, 0.1) is 12.5 Å². The predicted molar refractivity (Wildman–Crippen MR) is 102 cm³/mol.